The molecule has 1 heterocycles. The smallest absolute Gasteiger partial charge is 0.225 e. The van der Waals surface area contributed by atoms with Crippen LogP contribution in [0.3, 0.4) is 0 Å². The largest absolute Gasteiger partial charge is 0.496 e. The molecule has 2 aliphatic rings. The third-order valence-corrected chi connectivity index (χ3v) is 4.88. The van der Waals surface area contributed by atoms with Gasteiger partial charge >= 0.3 is 0 Å². The number of benzene rings is 2. The molecule has 5 nitrogen and oxygen atoms in total. The highest BCUT2D eigenvalue weighted by Crippen LogP contribution is 2.43. The van der Waals surface area contributed by atoms with Crippen molar-refractivity contribution >= 4 is 5.91 Å². The predicted molar refractivity (Wildman–Crippen MR) is 97.7 cm³/mol. The lowest BCUT2D eigenvalue weighted by molar-refractivity contribution is -0.121. The monoisotopic (exact) mass is 353 g/mol. The minimum Gasteiger partial charge on any atom is -0.496 e. The second-order valence-corrected chi connectivity index (χ2v) is 6.77. The van der Waals surface area contributed by atoms with E-state index >= 15 is 0 Å². The third-order valence-electron chi connectivity index (χ3n) is 4.88. The van der Waals surface area contributed by atoms with Crippen molar-refractivity contribution < 1.29 is 19.0 Å². The van der Waals surface area contributed by atoms with Crippen LogP contribution in [0.25, 0.3) is 0 Å². The Bertz CT molecular complexity index is 800. The van der Waals surface area contributed by atoms with Gasteiger partial charge in [-0.15, -0.1) is 0 Å². The van der Waals surface area contributed by atoms with Gasteiger partial charge in [0.05, 0.1) is 19.6 Å². The van der Waals surface area contributed by atoms with Crippen LogP contribution in [0.5, 0.6) is 17.2 Å². The second-order valence-electron chi connectivity index (χ2n) is 6.77. The van der Waals surface area contributed by atoms with Crippen molar-refractivity contribution in [3.8, 4) is 17.2 Å². The molecule has 5 heteroatoms. The summed E-state index contributed by atoms with van der Waals surface area (Å²) in [7, 11) is 1.62. The fraction of sp³-hybridized carbons (Fsp3) is 0.381. The van der Waals surface area contributed by atoms with E-state index in [1.54, 1.807) is 7.11 Å². The SMILES string of the molecule is COc1ccccc1CC(=O)NC(c1ccc2c(c1)OCCO2)C1CC1. The normalized spacial score (nSPS) is 16.7. The van der Waals surface area contributed by atoms with Gasteiger partial charge in [-0.3, -0.25) is 4.79 Å². The zero-order chi connectivity index (χ0) is 17.9. The molecule has 1 unspecified atom stereocenters. The predicted octanol–water partition coefficient (Wildman–Crippen LogP) is 3.28. The molecule has 1 saturated carbocycles. The summed E-state index contributed by atoms with van der Waals surface area (Å²) in [4.78, 5) is 12.7. The van der Waals surface area contributed by atoms with Crippen LogP contribution >= 0.6 is 0 Å². The maximum atomic E-state index is 12.7. The van der Waals surface area contributed by atoms with Gasteiger partial charge in [0.25, 0.3) is 0 Å². The quantitative estimate of drug-likeness (QED) is 0.866. The lowest BCUT2D eigenvalue weighted by Crippen LogP contribution is -2.31. The van der Waals surface area contributed by atoms with Crippen LogP contribution in [0.2, 0.25) is 0 Å². The average molecular weight is 353 g/mol. The number of rotatable bonds is 6. The van der Waals surface area contributed by atoms with E-state index in [9.17, 15) is 4.79 Å². The molecule has 0 aromatic heterocycles. The summed E-state index contributed by atoms with van der Waals surface area (Å²) in [5.74, 6) is 2.76. The molecule has 1 N–H and O–H groups in total. The number of hydrogen-bond donors (Lipinski definition) is 1. The van der Waals surface area contributed by atoms with Crippen LogP contribution in [0.1, 0.15) is 30.0 Å². The lowest BCUT2D eigenvalue weighted by Gasteiger charge is -2.23. The molecule has 1 aliphatic heterocycles. The Morgan fingerprint density at radius 3 is 2.69 bits per heavy atom. The molecule has 1 amide bonds. The van der Waals surface area contributed by atoms with Gasteiger partial charge in [-0.25, -0.2) is 0 Å². The molecule has 0 saturated heterocycles. The van der Waals surface area contributed by atoms with Crippen LogP contribution in [-0.4, -0.2) is 26.2 Å². The number of methoxy groups -OCH3 is 1. The van der Waals surface area contributed by atoms with Crippen molar-refractivity contribution in [2.45, 2.75) is 25.3 Å². The first kappa shape index (κ1) is 16.8. The van der Waals surface area contributed by atoms with Crippen molar-refractivity contribution in [3.05, 3.63) is 53.6 Å². The van der Waals surface area contributed by atoms with Gasteiger partial charge in [0.15, 0.2) is 11.5 Å². The summed E-state index contributed by atoms with van der Waals surface area (Å²) in [5, 5.41) is 3.21. The topological polar surface area (TPSA) is 56.8 Å². The zero-order valence-corrected chi connectivity index (χ0v) is 14.9. The van der Waals surface area contributed by atoms with Crippen LogP contribution in [0, 0.1) is 5.92 Å². The molecule has 0 bridgehead atoms. The first-order valence-electron chi connectivity index (χ1n) is 9.05. The van der Waals surface area contributed by atoms with Crippen LogP contribution in [0.4, 0.5) is 0 Å². The Labute approximate surface area is 153 Å². The van der Waals surface area contributed by atoms with E-state index in [4.69, 9.17) is 14.2 Å². The van der Waals surface area contributed by atoms with Crippen molar-refractivity contribution in [2.75, 3.05) is 20.3 Å². The van der Waals surface area contributed by atoms with E-state index in [0.717, 1.165) is 41.2 Å². The summed E-state index contributed by atoms with van der Waals surface area (Å²) in [5.41, 5.74) is 1.97. The number of nitrogens with one attached hydrogen (secondary N) is 1. The highest BCUT2D eigenvalue weighted by atomic mass is 16.6. The van der Waals surface area contributed by atoms with Crippen molar-refractivity contribution in [2.24, 2.45) is 5.92 Å². The Balaban J connectivity index is 1.50. The van der Waals surface area contributed by atoms with E-state index in [0.29, 0.717) is 25.6 Å². The van der Waals surface area contributed by atoms with Gasteiger partial charge in [0.1, 0.15) is 19.0 Å². The zero-order valence-electron chi connectivity index (χ0n) is 14.9. The Hall–Kier alpha value is -2.69. The molecular weight excluding hydrogens is 330 g/mol. The summed E-state index contributed by atoms with van der Waals surface area (Å²) in [6.45, 7) is 1.14. The van der Waals surface area contributed by atoms with Gasteiger partial charge in [0, 0.05) is 5.56 Å². The minimum atomic E-state index is 0.00119. The second kappa shape index (κ2) is 7.28. The molecule has 2 aromatic rings. The summed E-state index contributed by atoms with van der Waals surface area (Å²) < 4.78 is 16.6. The summed E-state index contributed by atoms with van der Waals surface area (Å²) >= 11 is 0. The average Bonchev–Trinajstić information content (AvgIpc) is 3.51. The molecule has 1 atom stereocenters. The number of carbonyl (C=O) groups is 1. The van der Waals surface area contributed by atoms with Gasteiger partial charge in [-0.2, -0.15) is 0 Å². The van der Waals surface area contributed by atoms with Crippen LogP contribution in [-0.2, 0) is 11.2 Å². The molecule has 26 heavy (non-hydrogen) atoms. The first-order chi connectivity index (χ1) is 12.7. The summed E-state index contributed by atoms with van der Waals surface area (Å²) in [6, 6.07) is 13.6. The number of hydrogen-bond acceptors (Lipinski definition) is 4. The third kappa shape index (κ3) is 3.62. The number of para-hydroxylation sites is 1. The molecular formula is C21H23NO4. The van der Waals surface area contributed by atoms with Gasteiger partial charge in [0.2, 0.25) is 5.91 Å². The molecule has 2 aromatic carbocycles. The molecule has 4 rings (SSSR count). The Morgan fingerprint density at radius 2 is 1.92 bits per heavy atom. The van der Waals surface area contributed by atoms with E-state index in [2.05, 4.69) is 5.32 Å². The highest BCUT2D eigenvalue weighted by molar-refractivity contribution is 5.80. The number of fused-ring (bicyclic) bond motifs is 1. The van der Waals surface area contributed by atoms with E-state index in [-0.39, 0.29) is 11.9 Å². The standard InChI is InChI=1S/C21H23NO4/c1-24-17-5-3-2-4-15(17)13-20(23)22-21(14-6-7-14)16-8-9-18-19(12-16)26-11-10-25-18/h2-5,8-9,12,14,21H,6-7,10-11,13H2,1H3,(H,22,23). The van der Waals surface area contributed by atoms with Crippen LogP contribution < -0.4 is 19.5 Å². The molecule has 0 radical (unpaired) electrons. The lowest BCUT2D eigenvalue weighted by atomic mass is 10.0. The highest BCUT2D eigenvalue weighted by Gasteiger charge is 2.34. The number of amides is 1. The van der Waals surface area contributed by atoms with E-state index in [1.165, 1.54) is 0 Å². The van der Waals surface area contributed by atoms with Gasteiger partial charge in [-0.05, 0) is 42.5 Å². The molecule has 1 aliphatic carbocycles. The Morgan fingerprint density at radius 1 is 1.15 bits per heavy atom. The van der Waals surface area contributed by atoms with E-state index < -0.39 is 0 Å². The molecule has 0 spiro atoms. The Kier molecular flexibility index (Phi) is 4.69. The van der Waals surface area contributed by atoms with Gasteiger partial charge < -0.3 is 19.5 Å². The molecule has 136 valence electrons. The molecule has 1 fully saturated rings. The fourth-order valence-electron chi connectivity index (χ4n) is 3.40. The van der Waals surface area contributed by atoms with Crippen molar-refractivity contribution in [1.82, 2.24) is 5.32 Å². The van der Waals surface area contributed by atoms with E-state index in [1.807, 2.05) is 42.5 Å². The maximum absolute atomic E-state index is 12.7. The fourth-order valence-corrected chi connectivity index (χ4v) is 3.40. The first-order valence-corrected chi connectivity index (χ1v) is 9.05. The van der Waals surface area contributed by atoms with Crippen molar-refractivity contribution in [1.29, 1.82) is 0 Å². The maximum Gasteiger partial charge on any atom is 0.225 e. The number of ether oxygens (including phenoxy) is 3. The minimum absolute atomic E-state index is 0.00119. The van der Waals surface area contributed by atoms with Crippen LogP contribution in [0.15, 0.2) is 42.5 Å². The van der Waals surface area contributed by atoms with Gasteiger partial charge in [-0.1, -0.05) is 24.3 Å². The van der Waals surface area contributed by atoms with Crippen molar-refractivity contribution in [3.63, 3.8) is 0 Å². The number of carbonyl (C=O) groups excluding carboxylic acids is 1. The summed E-state index contributed by atoms with van der Waals surface area (Å²) in [6.07, 6.45) is 2.57.